The number of amides is 1. The van der Waals surface area contributed by atoms with Gasteiger partial charge in [-0.3, -0.25) is 4.79 Å². The maximum Gasteiger partial charge on any atom is 0.255 e. The van der Waals surface area contributed by atoms with Crippen molar-refractivity contribution in [1.29, 1.82) is 0 Å². The Morgan fingerprint density at radius 3 is 2.52 bits per heavy atom. The molecule has 0 atom stereocenters. The third-order valence-electron chi connectivity index (χ3n) is 3.11. The summed E-state index contributed by atoms with van der Waals surface area (Å²) in [6.45, 7) is 0.439. The quantitative estimate of drug-likeness (QED) is 0.942. The molecular formula is C16H16ClNO3. The van der Waals surface area contributed by atoms with Crippen molar-refractivity contribution in [2.45, 2.75) is 6.54 Å². The molecule has 0 aliphatic rings. The number of hydrogen-bond donors (Lipinski definition) is 1. The fourth-order valence-electron chi connectivity index (χ4n) is 1.96. The lowest BCUT2D eigenvalue weighted by atomic mass is 10.1. The minimum absolute atomic E-state index is 0.0144. The second-order valence-corrected chi connectivity index (χ2v) is 5.08. The molecule has 0 fully saturated rings. The molecule has 0 aromatic heterocycles. The molecule has 0 aliphatic heterocycles. The molecule has 1 N–H and O–H groups in total. The summed E-state index contributed by atoms with van der Waals surface area (Å²) in [6, 6.07) is 11.8. The summed E-state index contributed by atoms with van der Waals surface area (Å²) in [5, 5.41) is 9.79. The summed E-state index contributed by atoms with van der Waals surface area (Å²) in [4.78, 5) is 13.9. The van der Waals surface area contributed by atoms with E-state index in [9.17, 15) is 9.90 Å². The molecule has 0 aliphatic carbocycles. The van der Waals surface area contributed by atoms with Crippen LogP contribution >= 0.6 is 11.6 Å². The molecule has 0 saturated heterocycles. The lowest BCUT2D eigenvalue weighted by Crippen LogP contribution is -2.26. The van der Waals surface area contributed by atoms with Gasteiger partial charge in [0.1, 0.15) is 11.5 Å². The van der Waals surface area contributed by atoms with Gasteiger partial charge < -0.3 is 14.7 Å². The van der Waals surface area contributed by atoms with E-state index >= 15 is 0 Å². The van der Waals surface area contributed by atoms with Gasteiger partial charge in [0.2, 0.25) is 0 Å². The predicted octanol–water partition coefficient (Wildman–Crippen LogP) is 3.33. The van der Waals surface area contributed by atoms with Crippen LogP contribution < -0.4 is 4.74 Å². The maximum atomic E-state index is 12.4. The number of aromatic hydroxyl groups is 1. The third-order valence-corrected chi connectivity index (χ3v) is 3.44. The van der Waals surface area contributed by atoms with Gasteiger partial charge in [0, 0.05) is 13.6 Å². The van der Waals surface area contributed by atoms with E-state index in [1.165, 1.54) is 18.2 Å². The SMILES string of the molecule is COc1ccc(CN(C)C(=O)c2cc(O)ccc2Cl)cc1. The summed E-state index contributed by atoms with van der Waals surface area (Å²) in [7, 11) is 3.29. The molecule has 2 aromatic carbocycles. The van der Waals surface area contributed by atoms with Crippen LogP contribution in [0.15, 0.2) is 42.5 Å². The number of benzene rings is 2. The van der Waals surface area contributed by atoms with Crippen molar-refractivity contribution in [2.75, 3.05) is 14.2 Å². The summed E-state index contributed by atoms with van der Waals surface area (Å²) in [5.74, 6) is 0.538. The maximum absolute atomic E-state index is 12.4. The molecule has 0 unspecified atom stereocenters. The summed E-state index contributed by atoms with van der Waals surface area (Å²) < 4.78 is 5.09. The third kappa shape index (κ3) is 3.67. The van der Waals surface area contributed by atoms with Crippen LogP contribution in [0.2, 0.25) is 5.02 Å². The average molecular weight is 306 g/mol. The molecule has 0 radical (unpaired) electrons. The Morgan fingerprint density at radius 1 is 1.24 bits per heavy atom. The van der Waals surface area contributed by atoms with Crippen molar-refractivity contribution < 1.29 is 14.6 Å². The first-order chi connectivity index (χ1) is 10.0. The van der Waals surface area contributed by atoms with E-state index in [-0.39, 0.29) is 17.2 Å². The van der Waals surface area contributed by atoms with E-state index in [1.54, 1.807) is 19.1 Å². The Morgan fingerprint density at radius 2 is 1.90 bits per heavy atom. The highest BCUT2D eigenvalue weighted by atomic mass is 35.5. The zero-order valence-corrected chi connectivity index (χ0v) is 12.6. The van der Waals surface area contributed by atoms with Gasteiger partial charge in [0.05, 0.1) is 17.7 Å². The van der Waals surface area contributed by atoms with Gasteiger partial charge in [-0.2, -0.15) is 0 Å². The number of hydrogen-bond acceptors (Lipinski definition) is 3. The Kier molecular flexibility index (Phi) is 4.70. The fraction of sp³-hybridized carbons (Fsp3) is 0.188. The summed E-state index contributed by atoms with van der Waals surface area (Å²) in [5.41, 5.74) is 1.26. The Balaban J connectivity index is 2.13. The van der Waals surface area contributed by atoms with Crippen LogP contribution in [0.5, 0.6) is 11.5 Å². The molecule has 0 saturated carbocycles. The topological polar surface area (TPSA) is 49.8 Å². The van der Waals surface area contributed by atoms with Crippen LogP contribution in [0.4, 0.5) is 0 Å². The molecule has 4 nitrogen and oxygen atoms in total. The van der Waals surface area contributed by atoms with E-state index in [2.05, 4.69) is 0 Å². The molecule has 0 heterocycles. The van der Waals surface area contributed by atoms with Crippen molar-refractivity contribution in [3.05, 3.63) is 58.6 Å². The summed E-state index contributed by atoms with van der Waals surface area (Å²) >= 11 is 6.00. The number of ether oxygens (including phenoxy) is 1. The van der Waals surface area contributed by atoms with Crippen molar-refractivity contribution in [3.8, 4) is 11.5 Å². The van der Waals surface area contributed by atoms with Gasteiger partial charge >= 0.3 is 0 Å². The zero-order chi connectivity index (χ0) is 15.4. The van der Waals surface area contributed by atoms with E-state index in [4.69, 9.17) is 16.3 Å². The monoisotopic (exact) mass is 305 g/mol. The number of methoxy groups -OCH3 is 1. The van der Waals surface area contributed by atoms with Gasteiger partial charge in [-0.05, 0) is 35.9 Å². The van der Waals surface area contributed by atoms with Crippen molar-refractivity contribution in [2.24, 2.45) is 0 Å². The minimum Gasteiger partial charge on any atom is -0.508 e. The molecule has 110 valence electrons. The van der Waals surface area contributed by atoms with Crippen molar-refractivity contribution >= 4 is 17.5 Å². The lowest BCUT2D eigenvalue weighted by molar-refractivity contribution is 0.0785. The molecule has 0 spiro atoms. The van der Waals surface area contributed by atoms with E-state index in [1.807, 2.05) is 24.3 Å². The van der Waals surface area contributed by atoms with Crippen molar-refractivity contribution in [1.82, 2.24) is 4.90 Å². The second kappa shape index (κ2) is 6.50. The number of nitrogens with zero attached hydrogens (tertiary/aromatic N) is 1. The normalized spacial score (nSPS) is 10.2. The highest BCUT2D eigenvalue weighted by molar-refractivity contribution is 6.33. The van der Waals surface area contributed by atoms with Crippen LogP contribution in [0.25, 0.3) is 0 Å². The number of carbonyl (C=O) groups is 1. The molecule has 21 heavy (non-hydrogen) atoms. The van der Waals surface area contributed by atoms with Gasteiger partial charge in [0.15, 0.2) is 0 Å². The van der Waals surface area contributed by atoms with Gasteiger partial charge in [-0.1, -0.05) is 23.7 Å². The Hall–Kier alpha value is -2.20. The van der Waals surface area contributed by atoms with E-state index < -0.39 is 0 Å². The van der Waals surface area contributed by atoms with Gasteiger partial charge in [-0.15, -0.1) is 0 Å². The minimum atomic E-state index is -0.244. The molecule has 5 heteroatoms. The zero-order valence-electron chi connectivity index (χ0n) is 11.8. The molecule has 2 rings (SSSR count). The Bertz CT molecular complexity index is 640. The number of phenols is 1. The van der Waals surface area contributed by atoms with Crippen LogP contribution in [0, 0.1) is 0 Å². The van der Waals surface area contributed by atoms with Crippen LogP contribution in [0.1, 0.15) is 15.9 Å². The highest BCUT2D eigenvalue weighted by Crippen LogP contribution is 2.23. The number of rotatable bonds is 4. The highest BCUT2D eigenvalue weighted by Gasteiger charge is 2.16. The largest absolute Gasteiger partial charge is 0.508 e. The molecule has 2 aromatic rings. The fourth-order valence-corrected chi connectivity index (χ4v) is 2.16. The molecular weight excluding hydrogens is 290 g/mol. The first kappa shape index (κ1) is 15.2. The smallest absolute Gasteiger partial charge is 0.255 e. The van der Waals surface area contributed by atoms with Crippen LogP contribution in [-0.4, -0.2) is 30.1 Å². The van der Waals surface area contributed by atoms with E-state index in [0.717, 1.165) is 11.3 Å². The Labute approximate surface area is 128 Å². The van der Waals surface area contributed by atoms with Crippen LogP contribution in [0.3, 0.4) is 0 Å². The molecule has 0 bridgehead atoms. The average Bonchev–Trinajstić information content (AvgIpc) is 2.49. The lowest BCUT2D eigenvalue weighted by Gasteiger charge is -2.18. The van der Waals surface area contributed by atoms with E-state index in [0.29, 0.717) is 11.6 Å². The number of carbonyl (C=O) groups excluding carboxylic acids is 1. The van der Waals surface area contributed by atoms with Crippen LogP contribution in [-0.2, 0) is 6.54 Å². The summed E-state index contributed by atoms with van der Waals surface area (Å²) in [6.07, 6.45) is 0. The second-order valence-electron chi connectivity index (χ2n) is 4.67. The van der Waals surface area contributed by atoms with Crippen molar-refractivity contribution in [3.63, 3.8) is 0 Å². The molecule has 1 amide bonds. The predicted molar refractivity (Wildman–Crippen MR) is 81.9 cm³/mol. The number of halogens is 1. The number of phenolic OH excluding ortho intramolecular Hbond substituents is 1. The van der Waals surface area contributed by atoms with Gasteiger partial charge in [-0.25, -0.2) is 0 Å². The van der Waals surface area contributed by atoms with Gasteiger partial charge in [0.25, 0.3) is 5.91 Å². The first-order valence-electron chi connectivity index (χ1n) is 6.38. The standard InChI is InChI=1S/C16H16ClNO3/c1-18(10-11-3-6-13(21-2)7-4-11)16(20)14-9-12(19)5-8-15(14)17/h3-9,19H,10H2,1-2H3. The first-order valence-corrected chi connectivity index (χ1v) is 6.76.